The first-order valence-corrected chi connectivity index (χ1v) is 14.4. The Morgan fingerprint density at radius 1 is 0.947 bits per heavy atom. The number of sulfonamides is 1. The van der Waals surface area contributed by atoms with Crippen molar-refractivity contribution >= 4 is 62.3 Å². The van der Waals surface area contributed by atoms with E-state index in [4.69, 9.17) is 34.8 Å². The van der Waals surface area contributed by atoms with E-state index >= 15 is 0 Å². The number of carbonyl (C=O) groups is 2. The molecule has 1 unspecified atom stereocenters. The highest BCUT2D eigenvalue weighted by atomic mass is 35.5. The van der Waals surface area contributed by atoms with Gasteiger partial charge >= 0.3 is 0 Å². The highest BCUT2D eigenvalue weighted by Crippen LogP contribution is 2.28. The van der Waals surface area contributed by atoms with Gasteiger partial charge in [0.15, 0.2) is 0 Å². The SMILES string of the molecule is CCNC(=O)C(C)N(Cc1ccc(Cl)c(Cl)c1)C(=O)CN(c1ccccc1C)S(=O)(=O)c1ccc(Cl)cc1. The lowest BCUT2D eigenvalue weighted by atomic mass is 10.1. The third-order valence-corrected chi connectivity index (χ3v) is 8.68. The summed E-state index contributed by atoms with van der Waals surface area (Å²) in [6.07, 6.45) is 0. The third kappa shape index (κ3) is 6.99. The zero-order chi connectivity index (χ0) is 28.0. The summed E-state index contributed by atoms with van der Waals surface area (Å²) < 4.78 is 28.7. The Hall–Kier alpha value is -2.78. The minimum Gasteiger partial charge on any atom is -0.355 e. The van der Waals surface area contributed by atoms with Crippen LogP contribution in [0.5, 0.6) is 0 Å². The molecule has 0 heterocycles. The minimum atomic E-state index is -4.18. The Labute approximate surface area is 238 Å². The van der Waals surface area contributed by atoms with Crippen molar-refractivity contribution in [1.82, 2.24) is 10.2 Å². The van der Waals surface area contributed by atoms with E-state index in [1.807, 2.05) is 0 Å². The molecule has 0 aliphatic rings. The van der Waals surface area contributed by atoms with Gasteiger partial charge in [0, 0.05) is 18.1 Å². The number of carbonyl (C=O) groups excluding carboxylic acids is 2. The number of hydrogen-bond donors (Lipinski definition) is 1. The van der Waals surface area contributed by atoms with Crippen molar-refractivity contribution in [1.29, 1.82) is 0 Å². The topological polar surface area (TPSA) is 86.8 Å². The Morgan fingerprint density at radius 2 is 1.61 bits per heavy atom. The van der Waals surface area contributed by atoms with E-state index in [-0.39, 0.29) is 17.3 Å². The van der Waals surface area contributed by atoms with Crippen LogP contribution in [0.25, 0.3) is 0 Å². The van der Waals surface area contributed by atoms with Gasteiger partial charge in [-0.15, -0.1) is 0 Å². The van der Waals surface area contributed by atoms with Gasteiger partial charge in [0.2, 0.25) is 11.8 Å². The second kappa shape index (κ2) is 12.8. The first-order chi connectivity index (χ1) is 17.9. The second-order valence-electron chi connectivity index (χ2n) is 8.59. The molecule has 0 saturated carbocycles. The fourth-order valence-corrected chi connectivity index (χ4v) is 5.75. The maximum atomic E-state index is 13.8. The minimum absolute atomic E-state index is 0.0105. The van der Waals surface area contributed by atoms with Crippen molar-refractivity contribution in [2.24, 2.45) is 0 Å². The lowest BCUT2D eigenvalue weighted by Crippen LogP contribution is -2.51. The lowest BCUT2D eigenvalue weighted by molar-refractivity contribution is -0.139. The van der Waals surface area contributed by atoms with Crippen LogP contribution in [0.1, 0.15) is 25.0 Å². The van der Waals surface area contributed by atoms with E-state index < -0.39 is 28.5 Å². The first kappa shape index (κ1) is 29.8. The molecule has 0 spiro atoms. The molecule has 7 nitrogen and oxygen atoms in total. The predicted octanol–water partition coefficient (Wildman–Crippen LogP) is 5.70. The molecule has 3 rings (SSSR count). The maximum Gasteiger partial charge on any atom is 0.264 e. The van der Waals surface area contributed by atoms with Crippen molar-refractivity contribution in [2.75, 3.05) is 17.4 Å². The molecular formula is C27H28Cl3N3O4S. The number of rotatable bonds is 10. The normalized spacial score (nSPS) is 12.1. The number of para-hydroxylation sites is 1. The van der Waals surface area contributed by atoms with Gasteiger partial charge in [0.25, 0.3) is 10.0 Å². The van der Waals surface area contributed by atoms with Crippen molar-refractivity contribution in [3.8, 4) is 0 Å². The summed E-state index contributed by atoms with van der Waals surface area (Å²) in [5.74, 6) is -0.945. The van der Waals surface area contributed by atoms with E-state index in [9.17, 15) is 18.0 Å². The maximum absolute atomic E-state index is 13.8. The summed E-state index contributed by atoms with van der Waals surface area (Å²) in [7, 11) is -4.18. The highest BCUT2D eigenvalue weighted by molar-refractivity contribution is 7.92. The van der Waals surface area contributed by atoms with Crippen LogP contribution in [0.2, 0.25) is 15.1 Å². The van der Waals surface area contributed by atoms with E-state index in [0.717, 1.165) is 4.31 Å². The number of benzene rings is 3. The lowest BCUT2D eigenvalue weighted by Gasteiger charge is -2.32. The van der Waals surface area contributed by atoms with Gasteiger partial charge in [-0.25, -0.2) is 8.42 Å². The molecule has 3 aromatic carbocycles. The third-order valence-electron chi connectivity index (χ3n) is 5.92. The summed E-state index contributed by atoms with van der Waals surface area (Å²) in [6, 6.07) is 16.6. The van der Waals surface area contributed by atoms with Crippen LogP contribution < -0.4 is 9.62 Å². The molecule has 1 N–H and O–H groups in total. The molecule has 0 fully saturated rings. The van der Waals surface area contributed by atoms with Gasteiger partial charge in [0.1, 0.15) is 12.6 Å². The molecule has 0 saturated heterocycles. The summed E-state index contributed by atoms with van der Waals surface area (Å²) >= 11 is 18.2. The van der Waals surface area contributed by atoms with Crippen molar-refractivity contribution in [3.05, 3.63) is 92.9 Å². The molecule has 0 aliphatic heterocycles. The summed E-state index contributed by atoms with van der Waals surface area (Å²) in [4.78, 5) is 27.9. The molecule has 11 heteroatoms. The smallest absolute Gasteiger partial charge is 0.264 e. The number of amides is 2. The molecule has 38 heavy (non-hydrogen) atoms. The first-order valence-electron chi connectivity index (χ1n) is 11.8. The molecule has 202 valence electrons. The molecular weight excluding hydrogens is 569 g/mol. The fraction of sp³-hybridized carbons (Fsp3) is 0.259. The van der Waals surface area contributed by atoms with E-state index in [0.29, 0.717) is 38.4 Å². The van der Waals surface area contributed by atoms with Gasteiger partial charge in [-0.1, -0.05) is 59.1 Å². The van der Waals surface area contributed by atoms with Gasteiger partial charge in [-0.05, 0) is 74.4 Å². The summed E-state index contributed by atoms with van der Waals surface area (Å²) in [6.45, 7) is 4.96. The second-order valence-corrected chi connectivity index (χ2v) is 11.7. The average Bonchev–Trinajstić information content (AvgIpc) is 2.88. The monoisotopic (exact) mass is 595 g/mol. The zero-order valence-electron chi connectivity index (χ0n) is 21.1. The summed E-state index contributed by atoms with van der Waals surface area (Å²) in [5, 5.41) is 3.75. The highest BCUT2D eigenvalue weighted by Gasteiger charge is 2.33. The van der Waals surface area contributed by atoms with E-state index in [1.54, 1.807) is 63.2 Å². The number of nitrogens with zero attached hydrogens (tertiary/aromatic N) is 2. The number of halogens is 3. The number of anilines is 1. The molecule has 3 aromatic rings. The number of nitrogens with one attached hydrogen (secondary N) is 1. The number of hydrogen-bond acceptors (Lipinski definition) is 4. The molecule has 0 bridgehead atoms. The molecule has 1 atom stereocenters. The average molecular weight is 597 g/mol. The van der Waals surface area contributed by atoms with Crippen LogP contribution in [-0.2, 0) is 26.2 Å². The van der Waals surface area contributed by atoms with Crippen LogP contribution in [0.4, 0.5) is 5.69 Å². The van der Waals surface area contributed by atoms with Crippen LogP contribution in [-0.4, -0.2) is 44.3 Å². The van der Waals surface area contributed by atoms with Gasteiger partial charge < -0.3 is 10.2 Å². The molecule has 2 amide bonds. The Morgan fingerprint density at radius 3 is 2.21 bits per heavy atom. The van der Waals surface area contributed by atoms with Crippen LogP contribution in [0.3, 0.4) is 0 Å². The van der Waals surface area contributed by atoms with Gasteiger partial charge in [0.05, 0.1) is 20.6 Å². The molecule has 0 radical (unpaired) electrons. The molecule has 0 aliphatic carbocycles. The summed E-state index contributed by atoms with van der Waals surface area (Å²) in [5.41, 5.74) is 1.63. The fourth-order valence-electron chi connectivity index (χ4n) is 3.83. The largest absolute Gasteiger partial charge is 0.355 e. The van der Waals surface area contributed by atoms with Crippen molar-refractivity contribution in [3.63, 3.8) is 0 Å². The number of likely N-dealkylation sites (N-methyl/N-ethyl adjacent to an activating group) is 1. The van der Waals surface area contributed by atoms with E-state index in [1.165, 1.54) is 29.2 Å². The van der Waals surface area contributed by atoms with Gasteiger partial charge in [-0.2, -0.15) is 0 Å². The van der Waals surface area contributed by atoms with Gasteiger partial charge in [-0.3, -0.25) is 13.9 Å². The Balaban J connectivity index is 2.05. The van der Waals surface area contributed by atoms with Crippen LogP contribution in [0, 0.1) is 6.92 Å². The molecule has 0 aromatic heterocycles. The Bertz CT molecular complexity index is 1420. The predicted molar refractivity (Wildman–Crippen MR) is 152 cm³/mol. The van der Waals surface area contributed by atoms with E-state index in [2.05, 4.69) is 5.32 Å². The van der Waals surface area contributed by atoms with Crippen molar-refractivity contribution in [2.45, 2.75) is 38.3 Å². The van der Waals surface area contributed by atoms with Crippen LogP contribution in [0.15, 0.2) is 71.6 Å². The Kier molecular flexibility index (Phi) is 10.1. The quantitative estimate of drug-likeness (QED) is 0.325. The zero-order valence-corrected chi connectivity index (χ0v) is 24.2. The van der Waals surface area contributed by atoms with Crippen LogP contribution >= 0.6 is 34.8 Å². The standard InChI is InChI=1S/C27H28Cl3N3O4S/c1-4-31-27(35)19(3)32(16-20-9-14-23(29)24(30)15-20)26(34)17-33(25-8-6-5-7-18(25)2)38(36,37)22-12-10-21(28)11-13-22/h5-15,19H,4,16-17H2,1-3H3,(H,31,35). The van der Waals surface area contributed by atoms with Crippen molar-refractivity contribution < 1.29 is 18.0 Å². The number of aryl methyl sites for hydroxylation is 1.